The highest BCUT2D eigenvalue weighted by Gasteiger charge is 2.16. The van der Waals surface area contributed by atoms with Crippen molar-refractivity contribution >= 4 is 33.0 Å². The Labute approximate surface area is 191 Å². The fourth-order valence-corrected chi connectivity index (χ4v) is 5.00. The molecule has 0 aliphatic rings. The minimum Gasteiger partial charge on any atom is -0.322 e. The van der Waals surface area contributed by atoms with Crippen LogP contribution in [-0.4, -0.2) is 14.3 Å². The number of carbonyl (C=O) groups is 1. The molecule has 5 nitrogen and oxygen atoms in total. The van der Waals surface area contributed by atoms with Crippen LogP contribution >= 0.6 is 11.3 Å². The number of nitrogens with one attached hydrogen (secondary N) is 2. The lowest BCUT2D eigenvalue weighted by atomic mass is 10.0. The second-order valence-electron chi connectivity index (χ2n) is 7.20. The third kappa shape index (κ3) is 5.50. The van der Waals surface area contributed by atoms with E-state index >= 15 is 0 Å². The molecular weight excluding hydrogens is 440 g/mol. The van der Waals surface area contributed by atoms with Crippen LogP contribution in [0.15, 0.2) is 101 Å². The lowest BCUT2D eigenvalue weighted by Crippen LogP contribution is -2.23. The van der Waals surface area contributed by atoms with Gasteiger partial charge in [-0.05, 0) is 59.3 Å². The molecule has 0 unspecified atom stereocenters. The van der Waals surface area contributed by atoms with Gasteiger partial charge in [0.25, 0.3) is 5.91 Å². The summed E-state index contributed by atoms with van der Waals surface area (Å²) in [5.41, 5.74) is 3.27. The highest BCUT2D eigenvalue weighted by atomic mass is 32.2. The van der Waals surface area contributed by atoms with Crippen LogP contribution in [0.4, 0.5) is 5.69 Å². The molecule has 1 aromatic heterocycles. The van der Waals surface area contributed by atoms with E-state index in [1.165, 1.54) is 35.6 Å². The van der Waals surface area contributed by atoms with Gasteiger partial charge in [0.2, 0.25) is 10.0 Å². The normalized spacial score (nSPS) is 11.2. The lowest BCUT2D eigenvalue weighted by Gasteiger charge is -2.12. The predicted molar refractivity (Wildman–Crippen MR) is 128 cm³/mol. The zero-order chi connectivity index (χ0) is 22.4. The number of carbonyl (C=O) groups excluding carboxylic acids is 1. The van der Waals surface area contributed by atoms with Crippen LogP contribution in [0, 0.1) is 0 Å². The average molecular weight is 463 g/mol. The first-order chi connectivity index (χ1) is 15.5. The third-order valence-corrected chi connectivity index (χ3v) is 7.24. The van der Waals surface area contributed by atoms with Gasteiger partial charge in [-0.1, -0.05) is 54.6 Å². The largest absolute Gasteiger partial charge is 0.322 e. The molecule has 162 valence electrons. The van der Waals surface area contributed by atoms with Crippen molar-refractivity contribution in [1.82, 2.24) is 4.72 Å². The van der Waals surface area contributed by atoms with E-state index in [-0.39, 0.29) is 17.3 Å². The van der Waals surface area contributed by atoms with Crippen LogP contribution in [-0.2, 0) is 23.0 Å². The number of anilines is 1. The van der Waals surface area contributed by atoms with E-state index in [9.17, 15) is 13.2 Å². The fourth-order valence-electron chi connectivity index (χ4n) is 3.25. The van der Waals surface area contributed by atoms with Gasteiger partial charge in [-0.2, -0.15) is 0 Å². The Kier molecular flexibility index (Phi) is 6.80. The van der Waals surface area contributed by atoms with Crippen molar-refractivity contribution in [3.63, 3.8) is 0 Å². The minimum absolute atomic E-state index is 0.120. The van der Waals surface area contributed by atoms with E-state index in [4.69, 9.17) is 0 Å². The Morgan fingerprint density at radius 3 is 2.25 bits per heavy atom. The highest BCUT2D eigenvalue weighted by Crippen LogP contribution is 2.20. The first-order valence-electron chi connectivity index (χ1n) is 10.1. The van der Waals surface area contributed by atoms with Crippen molar-refractivity contribution in [2.45, 2.75) is 17.9 Å². The molecule has 0 saturated heterocycles. The quantitative estimate of drug-likeness (QED) is 0.384. The van der Waals surface area contributed by atoms with Crippen molar-refractivity contribution < 1.29 is 13.2 Å². The molecule has 1 amide bonds. The molecule has 3 aromatic carbocycles. The third-order valence-electron chi connectivity index (χ3n) is 4.95. The Morgan fingerprint density at radius 2 is 1.53 bits per heavy atom. The molecule has 0 radical (unpaired) electrons. The molecule has 2 N–H and O–H groups in total. The minimum atomic E-state index is -3.65. The van der Waals surface area contributed by atoms with Gasteiger partial charge >= 0.3 is 0 Å². The van der Waals surface area contributed by atoms with Crippen molar-refractivity contribution in [2.24, 2.45) is 0 Å². The number of hydrogen-bond acceptors (Lipinski definition) is 4. The number of rotatable bonds is 8. The van der Waals surface area contributed by atoms with Gasteiger partial charge < -0.3 is 5.32 Å². The fraction of sp³-hybridized carbons (Fsp3) is 0.0800. The Balaban J connectivity index is 1.44. The second kappa shape index (κ2) is 9.91. The number of para-hydroxylation sites is 1. The van der Waals surface area contributed by atoms with E-state index in [1.807, 2.05) is 72.1 Å². The summed E-state index contributed by atoms with van der Waals surface area (Å²) >= 11 is 1.49. The van der Waals surface area contributed by atoms with Crippen molar-refractivity contribution in [1.29, 1.82) is 0 Å². The van der Waals surface area contributed by atoms with Crippen molar-refractivity contribution in [3.8, 4) is 0 Å². The average Bonchev–Trinajstić information content (AvgIpc) is 3.34. The number of hydrogen-bond donors (Lipinski definition) is 2. The van der Waals surface area contributed by atoms with Crippen molar-refractivity contribution in [3.05, 3.63) is 118 Å². The maximum absolute atomic E-state index is 12.8. The monoisotopic (exact) mass is 462 g/mol. The molecule has 0 fully saturated rings. The van der Waals surface area contributed by atoms with Crippen LogP contribution in [0.2, 0.25) is 0 Å². The molecule has 0 saturated carbocycles. The lowest BCUT2D eigenvalue weighted by molar-refractivity contribution is 0.102. The van der Waals surface area contributed by atoms with Gasteiger partial charge in [0, 0.05) is 22.7 Å². The van der Waals surface area contributed by atoms with E-state index in [2.05, 4.69) is 10.0 Å². The summed E-state index contributed by atoms with van der Waals surface area (Å²) in [6.07, 6.45) is 0.699. The summed E-state index contributed by atoms with van der Waals surface area (Å²) in [5, 5.41) is 4.84. The first-order valence-corrected chi connectivity index (χ1v) is 12.4. The summed E-state index contributed by atoms with van der Waals surface area (Å²) in [4.78, 5) is 13.8. The number of thiophene rings is 1. The Bertz CT molecular complexity index is 1280. The van der Waals surface area contributed by atoms with Crippen LogP contribution in [0.3, 0.4) is 0 Å². The molecule has 0 aliphatic heterocycles. The van der Waals surface area contributed by atoms with E-state index in [0.29, 0.717) is 12.0 Å². The molecular formula is C25H22N2O3S2. The van der Waals surface area contributed by atoms with Gasteiger partial charge in [0.15, 0.2) is 0 Å². The van der Waals surface area contributed by atoms with E-state index < -0.39 is 10.0 Å². The van der Waals surface area contributed by atoms with Gasteiger partial charge in [-0.15, -0.1) is 11.3 Å². The van der Waals surface area contributed by atoms with Gasteiger partial charge in [0.1, 0.15) is 0 Å². The molecule has 0 atom stereocenters. The SMILES string of the molecule is O=C(Nc1ccccc1Cc1ccccc1)c1ccc(S(=O)(=O)NCc2cccs2)cc1. The predicted octanol–water partition coefficient (Wildman–Crippen LogP) is 5.07. The van der Waals surface area contributed by atoms with Crippen molar-refractivity contribution in [2.75, 3.05) is 5.32 Å². The zero-order valence-electron chi connectivity index (χ0n) is 17.2. The molecule has 0 bridgehead atoms. The van der Waals surface area contributed by atoms with Crippen LogP contribution in [0.25, 0.3) is 0 Å². The summed E-state index contributed by atoms with van der Waals surface area (Å²) < 4.78 is 27.6. The molecule has 1 heterocycles. The Morgan fingerprint density at radius 1 is 0.812 bits per heavy atom. The molecule has 32 heavy (non-hydrogen) atoms. The zero-order valence-corrected chi connectivity index (χ0v) is 18.8. The standard InChI is InChI=1S/C25H22N2O3S2/c28-25(27-24-11-5-4-9-21(24)17-19-7-2-1-3-8-19)20-12-14-23(15-13-20)32(29,30)26-18-22-10-6-16-31-22/h1-16,26H,17-18H2,(H,27,28). The summed E-state index contributed by atoms with van der Waals surface area (Å²) in [5.74, 6) is -0.291. The first kappa shape index (κ1) is 22.0. The summed E-state index contributed by atoms with van der Waals surface area (Å²) in [6.45, 7) is 0.237. The van der Waals surface area contributed by atoms with Crippen LogP contribution < -0.4 is 10.0 Å². The highest BCUT2D eigenvalue weighted by molar-refractivity contribution is 7.89. The van der Waals surface area contributed by atoms with Crippen LogP contribution in [0.1, 0.15) is 26.4 Å². The molecule has 4 aromatic rings. The summed E-state index contributed by atoms with van der Waals surface area (Å²) in [7, 11) is -3.65. The topological polar surface area (TPSA) is 75.3 Å². The second-order valence-corrected chi connectivity index (χ2v) is 10.0. The number of benzene rings is 3. The maximum Gasteiger partial charge on any atom is 0.255 e. The van der Waals surface area contributed by atoms with Gasteiger partial charge in [0.05, 0.1) is 4.90 Å². The van der Waals surface area contributed by atoms with Gasteiger partial charge in [-0.25, -0.2) is 13.1 Å². The summed E-state index contributed by atoms with van der Waals surface area (Å²) in [6, 6.07) is 27.4. The Hall–Kier alpha value is -3.26. The molecule has 0 aliphatic carbocycles. The molecule has 7 heteroatoms. The number of sulfonamides is 1. The smallest absolute Gasteiger partial charge is 0.255 e. The maximum atomic E-state index is 12.8. The van der Waals surface area contributed by atoms with E-state index in [0.717, 1.165) is 21.7 Å². The molecule has 4 rings (SSSR count). The van der Waals surface area contributed by atoms with Gasteiger partial charge in [-0.3, -0.25) is 4.79 Å². The van der Waals surface area contributed by atoms with E-state index in [1.54, 1.807) is 0 Å². The van der Waals surface area contributed by atoms with Crippen LogP contribution in [0.5, 0.6) is 0 Å². The molecule has 0 spiro atoms. The number of amides is 1.